The second-order valence-corrected chi connectivity index (χ2v) is 10.6. The standard InChI is InChI=1S/C24H38N4O5/c1-15(2)14-33-21-18(12-26-28(21)9-8-23(3,4)22(25)31)20(30)27-19-16-6-5-7-24(32,10-16)11-17(19)13-29/h8-9,12,15-17,19,29,32H,5-7,10-11,13-14H2,1-4H3,(H2,25,31)(H,27,30)/b9-8+. The van der Waals surface area contributed by atoms with Gasteiger partial charge in [0.2, 0.25) is 11.8 Å². The topological polar surface area (TPSA) is 140 Å². The molecule has 0 saturated heterocycles. The first-order valence-corrected chi connectivity index (χ1v) is 11.8. The van der Waals surface area contributed by atoms with Gasteiger partial charge in [0.1, 0.15) is 5.56 Å². The van der Waals surface area contributed by atoms with Crippen LogP contribution >= 0.6 is 0 Å². The summed E-state index contributed by atoms with van der Waals surface area (Å²) in [7, 11) is 0. The predicted molar refractivity (Wildman–Crippen MR) is 124 cm³/mol. The number of nitrogens with zero attached hydrogens (tertiary/aromatic N) is 2. The number of nitrogens with one attached hydrogen (secondary N) is 1. The summed E-state index contributed by atoms with van der Waals surface area (Å²) in [6.07, 6.45) is 8.32. The number of amides is 2. The fourth-order valence-electron chi connectivity index (χ4n) is 4.86. The molecule has 2 aliphatic carbocycles. The summed E-state index contributed by atoms with van der Waals surface area (Å²) in [5, 5.41) is 28.2. The van der Waals surface area contributed by atoms with Crippen molar-refractivity contribution in [2.45, 2.75) is 71.4 Å². The van der Waals surface area contributed by atoms with Crippen LogP contribution in [0.4, 0.5) is 0 Å². The average molecular weight is 463 g/mol. The van der Waals surface area contributed by atoms with Crippen molar-refractivity contribution < 1.29 is 24.5 Å². The molecule has 1 heterocycles. The molecule has 2 fully saturated rings. The molecule has 2 amide bonds. The molecule has 0 aliphatic heterocycles. The number of carbonyl (C=O) groups is 2. The summed E-state index contributed by atoms with van der Waals surface area (Å²) >= 11 is 0. The number of nitrogens with two attached hydrogens (primary N) is 1. The summed E-state index contributed by atoms with van der Waals surface area (Å²) in [4.78, 5) is 25.0. The number of aromatic nitrogens is 2. The number of hydrogen-bond donors (Lipinski definition) is 4. The Hall–Kier alpha value is -2.39. The van der Waals surface area contributed by atoms with E-state index in [4.69, 9.17) is 10.5 Å². The van der Waals surface area contributed by atoms with Crippen molar-refractivity contribution >= 4 is 18.0 Å². The average Bonchev–Trinajstić information content (AvgIpc) is 3.15. The number of ether oxygens (including phenoxy) is 1. The largest absolute Gasteiger partial charge is 0.477 e. The van der Waals surface area contributed by atoms with Crippen molar-refractivity contribution in [2.75, 3.05) is 13.2 Å². The van der Waals surface area contributed by atoms with Gasteiger partial charge in [-0.25, -0.2) is 4.68 Å². The van der Waals surface area contributed by atoms with Crippen molar-refractivity contribution in [3.05, 3.63) is 17.8 Å². The lowest BCUT2D eigenvalue weighted by Gasteiger charge is -2.49. The van der Waals surface area contributed by atoms with Crippen LogP contribution in [-0.2, 0) is 4.79 Å². The maximum atomic E-state index is 13.3. The normalized spacial score (nSPS) is 27.7. The van der Waals surface area contributed by atoms with Crippen LogP contribution in [0.5, 0.6) is 5.88 Å². The lowest BCUT2D eigenvalue weighted by molar-refractivity contribution is -0.123. The van der Waals surface area contributed by atoms with Crippen molar-refractivity contribution in [1.82, 2.24) is 15.1 Å². The Morgan fingerprint density at radius 3 is 2.79 bits per heavy atom. The molecule has 2 aliphatic rings. The van der Waals surface area contributed by atoms with Gasteiger partial charge in [0, 0.05) is 24.8 Å². The Kier molecular flexibility index (Phi) is 7.53. The van der Waals surface area contributed by atoms with E-state index in [2.05, 4.69) is 10.4 Å². The van der Waals surface area contributed by atoms with Gasteiger partial charge in [-0.15, -0.1) is 0 Å². The summed E-state index contributed by atoms with van der Waals surface area (Å²) in [6.45, 7) is 7.69. The van der Waals surface area contributed by atoms with Crippen LogP contribution < -0.4 is 15.8 Å². The van der Waals surface area contributed by atoms with Crippen LogP contribution in [0.15, 0.2) is 12.3 Å². The monoisotopic (exact) mass is 462 g/mol. The van der Waals surface area contributed by atoms with Crippen molar-refractivity contribution in [3.8, 4) is 5.88 Å². The highest BCUT2D eigenvalue weighted by Crippen LogP contribution is 2.45. The number of primary amides is 1. The fourth-order valence-corrected chi connectivity index (χ4v) is 4.86. The van der Waals surface area contributed by atoms with Gasteiger partial charge < -0.3 is 26.0 Å². The highest BCUT2D eigenvalue weighted by atomic mass is 16.5. The van der Waals surface area contributed by atoms with Crippen LogP contribution in [-0.4, -0.2) is 56.7 Å². The van der Waals surface area contributed by atoms with E-state index in [9.17, 15) is 19.8 Å². The van der Waals surface area contributed by atoms with Gasteiger partial charge in [0.05, 0.1) is 23.8 Å². The zero-order valence-corrected chi connectivity index (χ0v) is 20.1. The van der Waals surface area contributed by atoms with Crippen LogP contribution in [0.25, 0.3) is 6.20 Å². The van der Waals surface area contributed by atoms with E-state index in [1.807, 2.05) is 13.8 Å². The molecule has 3 rings (SSSR count). The van der Waals surface area contributed by atoms with E-state index < -0.39 is 16.9 Å². The minimum absolute atomic E-state index is 0.0926. The molecular formula is C24H38N4O5. The van der Waals surface area contributed by atoms with Gasteiger partial charge >= 0.3 is 0 Å². The first-order valence-electron chi connectivity index (χ1n) is 11.8. The molecule has 5 N–H and O–H groups in total. The Morgan fingerprint density at radius 2 is 2.15 bits per heavy atom. The Balaban J connectivity index is 1.85. The van der Waals surface area contributed by atoms with E-state index in [-0.39, 0.29) is 47.8 Å². The van der Waals surface area contributed by atoms with E-state index >= 15 is 0 Å². The molecule has 0 radical (unpaired) electrons. The minimum atomic E-state index is -0.891. The first-order chi connectivity index (χ1) is 15.5. The molecule has 2 bridgehead atoms. The summed E-state index contributed by atoms with van der Waals surface area (Å²) in [5.41, 5.74) is 4.10. The number of aliphatic hydroxyl groups excluding tert-OH is 1. The van der Waals surface area contributed by atoms with Crippen molar-refractivity contribution in [3.63, 3.8) is 0 Å². The number of fused-ring (bicyclic) bond motifs is 2. The zero-order chi connectivity index (χ0) is 24.4. The Morgan fingerprint density at radius 1 is 1.42 bits per heavy atom. The number of hydrogen-bond acceptors (Lipinski definition) is 6. The molecule has 2 saturated carbocycles. The molecule has 9 heteroatoms. The van der Waals surface area contributed by atoms with Crippen LogP contribution in [0.1, 0.15) is 70.2 Å². The number of aliphatic hydroxyl groups is 2. The number of carbonyl (C=O) groups excluding carboxylic acids is 2. The predicted octanol–water partition coefficient (Wildman–Crippen LogP) is 1.93. The highest BCUT2D eigenvalue weighted by Gasteiger charge is 2.47. The second-order valence-electron chi connectivity index (χ2n) is 10.6. The molecule has 33 heavy (non-hydrogen) atoms. The second kappa shape index (κ2) is 9.85. The van der Waals surface area contributed by atoms with Crippen LogP contribution in [0.3, 0.4) is 0 Å². The zero-order valence-electron chi connectivity index (χ0n) is 20.1. The maximum Gasteiger partial charge on any atom is 0.258 e. The summed E-state index contributed by atoms with van der Waals surface area (Å²) < 4.78 is 7.38. The first kappa shape index (κ1) is 25.2. The lowest BCUT2D eigenvalue weighted by atomic mass is 9.63. The van der Waals surface area contributed by atoms with Gasteiger partial charge in [-0.2, -0.15) is 5.10 Å². The Bertz CT molecular complexity index is 891. The van der Waals surface area contributed by atoms with Gasteiger partial charge in [0.25, 0.3) is 5.91 Å². The van der Waals surface area contributed by atoms with Crippen LogP contribution in [0, 0.1) is 23.2 Å². The van der Waals surface area contributed by atoms with E-state index in [1.54, 1.807) is 26.1 Å². The molecule has 9 nitrogen and oxygen atoms in total. The fraction of sp³-hybridized carbons (Fsp3) is 0.708. The molecule has 1 aromatic rings. The van der Waals surface area contributed by atoms with Gasteiger partial charge in [-0.05, 0) is 51.4 Å². The summed E-state index contributed by atoms with van der Waals surface area (Å²) in [5.74, 6) is -0.383. The maximum absolute atomic E-state index is 13.3. The van der Waals surface area contributed by atoms with E-state index in [0.717, 1.165) is 19.3 Å². The van der Waals surface area contributed by atoms with Gasteiger partial charge in [-0.1, -0.05) is 26.3 Å². The third kappa shape index (κ3) is 5.76. The highest BCUT2D eigenvalue weighted by molar-refractivity contribution is 5.96. The molecule has 184 valence electrons. The Labute approximate surface area is 195 Å². The van der Waals surface area contributed by atoms with Gasteiger partial charge in [0.15, 0.2) is 0 Å². The minimum Gasteiger partial charge on any atom is -0.477 e. The van der Waals surface area contributed by atoms with E-state index in [1.165, 1.54) is 10.9 Å². The quantitative estimate of drug-likeness (QED) is 0.442. The molecule has 0 spiro atoms. The molecule has 4 atom stereocenters. The lowest BCUT2D eigenvalue weighted by Crippen LogP contribution is -2.57. The summed E-state index contributed by atoms with van der Waals surface area (Å²) in [6, 6.07) is -0.228. The number of rotatable bonds is 9. The molecule has 1 aromatic heterocycles. The van der Waals surface area contributed by atoms with Crippen LogP contribution in [0.2, 0.25) is 0 Å². The van der Waals surface area contributed by atoms with Crippen molar-refractivity contribution in [1.29, 1.82) is 0 Å². The van der Waals surface area contributed by atoms with E-state index in [0.29, 0.717) is 19.4 Å². The van der Waals surface area contributed by atoms with Gasteiger partial charge in [-0.3, -0.25) is 9.59 Å². The third-order valence-corrected chi connectivity index (χ3v) is 6.86. The SMILES string of the molecule is CC(C)COc1c(C(=O)NC2C(CO)CC3(O)CCCC2C3)cnn1/C=C/C(C)(C)C(N)=O. The molecule has 0 aromatic carbocycles. The molecule has 4 unspecified atom stereocenters. The third-order valence-electron chi connectivity index (χ3n) is 6.86. The smallest absolute Gasteiger partial charge is 0.258 e. The van der Waals surface area contributed by atoms with Crippen molar-refractivity contribution in [2.24, 2.45) is 28.9 Å². The molecular weight excluding hydrogens is 424 g/mol.